The molecule has 94 valence electrons. The Labute approximate surface area is 100 Å². The highest BCUT2D eigenvalue weighted by molar-refractivity contribution is 5.35. The number of aromatic amines is 1. The van der Waals surface area contributed by atoms with Crippen molar-refractivity contribution in [3.8, 4) is 0 Å². The maximum absolute atomic E-state index is 11.6. The summed E-state index contributed by atoms with van der Waals surface area (Å²) in [5, 5.41) is 12.7. The third kappa shape index (κ3) is 2.66. The van der Waals surface area contributed by atoms with Gasteiger partial charge in [0.1, 0.15) is 0 Å². The van der Waals surface area contributed by atoms with Gasteiger partial charge in [0.25, 0.3) is 5.56 Å². The van der Waals surface area contributed by atoms with Gasteiger partial charge in [-0.25, -0.2) is 4.98 Å². The summed E-state index contributed by atoms with van der Waals surface area (Å²) in [4.78, 5) is 18.1. The molecule has 1 fully saturated rings. The van der Waals surface area contributed by atoms with Crippen LogP contribution in [0.4, 0.5) is 5.82 Å². The average molecular weight is 237 g/mol. The number of H-pyrrole nitrogens is 1. The molecule has 0 spiro atoms. The van der Waals surface area contributed by atoms with Gasteiger partial charge < -0.3 is 15.4 Å². The van der Waals surface area contributed by atoms with Gasteiger partial charge in [0, 0.05) is 12.4 Å². The van der Waals surface area contributed by atoms with Gasteiger partial charge in [0.2, 0.25) is 0 Å². The van der Waals surface area contributed by atoms with Crippen LogP contribution in [0.5, 0.6) is 0 Å². The first kappa shape index (κ1) is 12.1. The van der Waals surface area contributed by atoms with E-state index in [9.17, 15) is 9.90 Å². The van der Waals surface area contributed by atoms with E-state index in [1.165, 1.54) is 6.20 Å². The highest BCUT2D eigenvalue weighted by Crippen LogP contribution is 2.33. The van der Waals surface area contributed by atoms with Crippen molar-refractivity contribution in [2.75, 3.05) is 11.9 Å². The van der Waals surface area contributed by atoms with Gasteiger partial charge in [-0.05, 0) is 31.6 Å². The van der Waals surface area contributed by atoms with Crippen LogP contribution in [0.15, 0.2) is 17.2 Å². The SMILES string of the molecule is CC1CCC(CO)(Nc2ncc[nH]c2=O)CC1. The standard InChI is InChI=1S/C12H19N3O2/c1-9-2-4-12(8-16,5-3-9)15-10-11(17)14-7-6-13-10/h6-7,9,16H,2-5,8H2,1H3,(H,13,15)(H,14,17). The van der Waals surface area contributed by atoms with Crippen LogP contribution in [-0.2, 0) is 0 Å². The number of rotatable bonds is 3. The fourth-order valence-electron chi connectivity index (χ4n) is 2.33. The first-order chi connectivity index (χ1) is 8.15. The molecule has 5 heteroatoms. The maximum atomic E-state index is 11.6. The van der Waals surface area contributed by atoms with E-state index in [-0.39, 0.29) is 17.7 Å². The number of aliphatic hydroxyl groups is 1. The second-order valence-corrected chi connectivity index (χ2v) is 5.01. The lowest BCUT2D eigenvalue weighted by atomic mass is 9.77. The van der Waals surface area contributed by atoms with Crippen LogP contribution in [0.25, 0.3) is 0 Å². The Kier molecular flexibility index (Phi) is 3.47. The number of nitrogens with one attached hydrogen (secondary N) is 2. The average Bonchev–Trinajstić information content (AvgIpc) is 2.35. The minimum Gasteiger partial charge on any atom is -0.394 e. The largest absolute Gasteiger partial charge is 0.394 e. The highest BCUT2D eigenvalue weighted by atomic mass is 16.3. The van der Waals surface area contributed by atoms with Gasteiger partial charge in [-0.3, -0.25) is 4.79 Å². The molecule has 2 rings (SSSR count). The van der Waals surface area contributed by atoms with Crippen molar-refractivity contribution < 1.29 is 5.11 Å². The quantitative estimate of drug-likeness (QED) is 0.736. The van der Waals surface area contributed by atoms with E-state index in [2.05, 4.69) is 22.2 Å². The molecule has 0 bridgehead atoms. The summed E-state index contributed by atoms with van der Waals surface area (Å²) in [7, 11) is 0. The van der Waals surface area contributed by atoms with Gasteiger partial charge in [0.15, 0.2) is 5.82 Å². The molecule has 5 nitrogen and oxygen atoms in total. The van der Waals surface area contributed by atoms with Gasteiger partial charge in [0.05, 0.1) is 12.1 Å². The van der Waals surface area contributed by atoms with Gasteiger partial charge >= 0.3 is 0 Å². The second kappa shape index (κ2) is 4.87. The molecule has 3 N–H and O–H groups in total. The van der Waals surface area contributed by atoms with Crippen LogP contribution in [0.3, 0.4) is 0 Å². The number of aromatic nitrogens is 2. The molecule has 1 aromatic rings. The Hall–Kier alpha value is -1.36. The Morgan fingerprint density at radius 3 is 2.88 bits per heavy atom. The van der Waals surface area contributed by atoms with E-state index >= 15 is 0 Å². The molecule has 1 aromatic heterocycles. The van der Waals surface area contributed by atoms with Crippen molar-refractivity contribution in [3.05, 3.63) is 22.7 Å². The van der Waals surface area contributed by atoms with Crippen molar-refractivity contribution >= 4 is 5.82 Å². The Morgan fingerprint density at radius 2 is 2.29 bits per heavy atom. The third-order valence-corrected chi connectivity index (χ3v) is 3.63. The van der Waals surface area contributed by atoms with Crippen molar-refractivity contribution in [1.82, 2.24) is 9.97 Å². The highest BCUT2D eigenvalue weighted by Gasteiger charge is 2.34. The first-order valence-electron chi connectivity index (χ1n) is 6.08. The van der Waals surface area contributed by atoms with Crippen LogP contribution >= 0.6 is 0 Å². The number of anilines is 1. The van der Waals surface area contributed by atoms with E-state index < -0.39 is 0 Å². The molecule has 17 heavy (non-hydrogen) atoms. The second-order valence-electron chi connectivity index (χ2n) is 5.01. The molecule has 0 aromatic carbocycles. The summed E-state index contributed by atoms with van der Waals surface area (Å²) >= 11 is 0. The predicted octanol–water partition coefficient (Wildman–Crippen LogP) is 1.12. The maximum Gasteiger partial charge on any atom is 0.290 e. The fraction of sp³-hybridized carbons (Fsp3) is 0.667. The topological polar surface area (TPSA) is 78.0 Å². The number of hydrogen-bond acceptors (Lipinski definition) is 4. The molecule has 1 heterocycles. The molecule has 1 aliphatic rings. The lowest BCUT2D eigenvalue weighted by molar-refractivity contribution is 0.155. The fourth-order valence-corrected chi connectivity index (χ4v) is 2.33. The number of nitrogens with zero attached hydrogens (tertiary/aromatic N) is 1. The number of hydrogen-bond donors (Lipinski definition) is 3. The Bertz CT molecular complexity index is 422. The zero-order chi connectivity index (χ0) is 12.3. The molecule has 0 radical (unpaired) electrons. The van der Waals surface area contributed by atoms with Crippen molar-refractivity contribution in [3.63, 3.8) is 0 Å². The van der Waals surface area contributed by atoms with Crippen LogP contribution in [-0.4, -0.2) is 27.2 Å². The predicted molar refractivity (Wildman–Crippen MR) is 65.9 cm³/mol. The molecular formula is C12H19N3O2. The minimum atomic E-state index is -0.381. The molecule has 0 amide bonds. The van der Waals surface area contributed by atoms with E-state index in [4.69, 9.17) is 0 Å². The molecular weight excluding hydrogens is 218 g/mol. The normalized spacial score (nSPS) is 28.9. The molecule has 0 aliphatic heterocycles. The van der Waals surface area contributed by atoms with Crippen molar-refractivity contribution in [2.45, 2.75) is 38.1 Å². The monoisotopic (exact) mass is 237 g/mol. The van der Waals surface area contributed by atoms with Crippen LogP contribution in [0, 0.1) is 5.92 Å². The molecule has 0 saturated heterocycles. The summed E-state index contributed by atoms with van der Waals surface area (Å²) < 4.78 is 0. The lowest BCUT2D eigenvalue weighted by Crippen LogP contribution is -2.46. The zero-order valence-corrected chi connectivity index (χ0v) is 10.1. The van der Waals surface area contributed by atoms with Crippen molar-refractivity contribution in [2.24, 2.45) is 5.92 Å². The summed E-state index contributed by atoms with van der Waals surface area (Å²) in [5.41, 5.74) is -0.618. The summed E-state index contributed by atoms with van der Waals surface area (Å²) in [6, 6.07) is 0. The molecule has 1 aliphatic carbocycles. The number of aliphatic hydroxyl groups excluding tert-OH is 1. The summed E-state index contributed by atoms with van der Waals surface area (Å²) in [6.07, 6.45) is 6.93. The van der Waals surface area contributed by atoms with E-state index in [0.29, 0.717) is 11.7 Å². The first-order valence-corrected chi connectivity index (χ1v) is 6.08. The smallest absolute Gasteiger partial charge is 0.290 e. The molecule has 1 saturated carbocycles. The summed E-state index contributed by atoms with van der Waals surface area (Å²) in [6.45, 7) is 2.25. The third-order valence-electron chi connectivity index (χ3n) is 3.63. The Morgan fingerprint density at radius 1 is 1.59 bits per heavy atom. The Balaban J connectivity index is 2.15. The van der Waals surface area contributed by atoms with E-state index in [0.717, 1.165) is 25.7 Å². The zero-order valence-electron chi connectivity index (χ0n) is 10.1. The van der Waals surface area contributed by atoms with Crippen LogP contribution < -0.4 is 10.9 Å². The van der Waals surface area contributed by atoms with E-state index in [1.54, 1.807) is 6.20 Å². The minimum absolute atomic E-state index is 0.0374. The van der Waals surface area contributed by atoms with E-state index in [1.807, 2.05) is 0 Å². The van der Waals surface area contributed by atoms with Gasteiger partial charge in [-0.1, -0.05) is 6.92 Å². The summed E-state index contributed by atoms with van der Waals surface area (Å²) in [5.74, 6) is 0.995. The van der Waals surface area contributed by atoms with Crippen LogP contribution in [0.1, 0.15) is 32.6 Å². The van der Waals surface area contributed by atoms with Gasteiger partial charge in [-0.2, -0.15) is 0 Å². The van der Waals surface area contributed by atoms with Crippen molar-refractivity contribution in [1.29, 1.82) is 0 Å². The molecule has 0 atom stereocenters. The van der Waals surface area contributed by atoms with Gasteiger partial charge in [-0.15, -0.1) is 0 Å². The van der Waals surface area contributed by atoms with Crippen LogP contribution in [0.2, 0.25) is 0 Å². The lowest BCUT2D eigenvalue weighted by Gasteiger charge is -2.38. The molecule has 0 unspecified atom stereocenters.